The lowest BCUT2D eigenvalue weighted by atomic mass is 10.2. The summed E-state index contributed by atoms with van der Waals surface area (Å²) < 4.78 is 30.8. The molecule has 0 saturated carbocycles. The molecule has 0 fully saturated rings. The first kappa shape index (κ1) is 15.3. The first-order chi connectivity index (χ1) is 10.9. The van der Waals surface area contributed by atoms with E-state index in [9.17, 15) is 13.2 Å². The predicted molar refractivity (Wildman–Crippen MR) is 85.9 cm³/mol. The molecule has 0 radical (unpaired) electrons. The SMILES string of the molecule is CS(=O)(=O)N1CC(C(=O)Nc2ccccn2)Oc2ccccc21. The maximum atomic E-state index is 12.4. The number of para-hydroxylation sites is 2. The third-order valence-corrected chi connectivity index (χ3v) is 4.49. The number of pyridine rings is 1. The number of carbonyl (C=O) groups excluding carboxylic acids is 1. The van der Waals surface area contributed by atoms with E-state index in [-0.39, 0.29) is 6.54 Å². The minimum absolute atomic E-state index is 0.0888. The second-order valence-corrected chi connectivity index (χ2v) is 6.98. The van der Waals surface area contributed by atoms with E-state index in [1.54, 1.807) is 48.7 Å². The zero-order valence-corrected chi connectivity index (χ0v) is 13.2. The van der Waals surface area contributed by atoms with E-state index >= 15 is 0 Å². The molecule has 3 rings (SSSR count). The number of benzene rings is 1. The van der Waals surface area contributed by atoms with Gasteiger partial charge in [0.15, 0.2) is 6.10 Å². The van der Waals surface area contributed by atoms with Crippen LogP contribution in [0.3, 0.4) is 0 Å². The van der Waals surface area contributed by atoms with Crippen LogP contribution in [0.2, 0.25) is 0 Å². The Labute approximate surface area is 134 Å². The monoisotopic (exact) mass is 333 g/mol. The summed E-state index contributed by atoms with van der Waals surface area (Å²) in [6, 6.07) is 11.8. The van der Waals surface area contributed by atoms with Gasteiger partial charge in [0, 0.05) is 6.20 Å². The van der Waals surface area contributed by atoms with Crippen molar-refractivity contribution >= 4 is 27.4 Å². The lowest BCUT2D eigenvalue weighted by Gasteiger charge is -2.33. The van der Waals surface area contributed by atoms with E-state index in [1.165, 1.54) is 4.31 Å². The summed E-state index contributed by atoms with van der Waals surface area (Å²) in [5, 5.41) is 2.62. The fourth-order valence-corrected chi connectivity index (χ4v) is 3.21. The van der Waals surface area contributed by atoms with Crippen LogP contribution < -0.4 is 14.4 Å². The molecule has 1 aliphatic rings. The van der Waals surface area contributed by atoms with E-state index < -0.39 is 22.0 Å². The number of rotatable bonds is 3. The molecule has 1 atom stereocenters. The van der Waals surface area contributed by atoms with Crippen LogP contribution in [-0.2, 0) is 14.8 Å². The van der Waals surface area contributed by atoms with Crippen LogP contribution in [0.5, 0.6) is 5.75 Å². The van der Waals surface area contributed by atoms with Gasteiger partial charge in [0.25, 0.3) is 5.91 Å². The highest BCUT2D eigenvalue weighted by Gasteiger charge is 2.34. The molecular formula is C15H15N3O4S. The quantitative estimate of drug-likeness (QED) is 0.913. The minimum Gasteiger partial charge on any atom is -0.476 e. The lowest BCUT2D eigenvalue weighted by molar-refractivity contribution is -0.122. The van der Waals surface area contributed by atoms with Crippen molar-refractivity contribution in [2.45, 2.75) is 6.10 Å². The second kappa shape index (κ2) is 5.88. The molecule has 8 heteroatoms. The molecule has 1 unspecified atom stereocenters. The molecule has 2 aromatic rings. The first-order valence-corrected chi connectivity index (χ1v) is 8.75. The van der Waals surface area contributed by atoms with Gasteiger partial charge in [-0.25, -0.2) is 13.4 Å². The third kappa shape index (κ3) is 3.26. The molecule has 1 N–H and O–H groups in total. The molecule has 23 heavy (non-hydrogen) atoms. The van der Waals surface area contributed by atoms with Crippen LogP contribution in [0.25, 0.3) is 0 Å². The number of anilines is 2. The normalized spacial score (nSPS) is 17.1. The summed E-state index contributed by atoms with van der Waals surface area (Å²) >= 11 is 0. The summed E-state index contributed by atoms with van der Waals surface area (Å²) in [5.74, 6) is 0.281. The summed E-state index contributed by atoms with van der Waals surface area (Å²) in [6.07, 6.45) is 1.69. The average molecular weight is 333 g/mol. The smallest absolute Gasteiger partial charge is 0.268 e. The van der Waals surface area contributed by atoms with Crippen LogP contribution >= 0.6 is 0 Å². The molecule has 1 amide bonds. The third-order valence-electron chi connectivity index (χ3n) is 3.34. The van der Waals surface area contributed by atoms with Crippen LogP contribution in [0.1, 0.15) is 0 Å². The van der Waals surface area contributed by atoms with Crippen molar-refractivity contribution in [3.05, 3.63) is 48.7 Å². The maximum absolute atomic E-state index is 12.4. The van der Waals surface area contributed by atoms with E-state index in [0.717, 1.165) is 6.26 Å². The Kier molecular flexibility index (Phi) is 3.91. The Bertz CT molecular complexity index is 824. The molecular weight excluding hydrogens is 318 g/mol. The highest BCUT2D eigenvalue weighted by atomic mass is 32.2. The van der Waals surface area contributed by atoms with Gasteiger partial charge in [0.2, 0.25) is 10.0 Å². The Hall–Kier alpha value is -2.61. The molecule has 7 nitrogen and oxygen atoms in total. The zero-order valence-electron chi connectivity index (χ0n) is 12.3. The molecule has 120 valence electrons. The molecule has 1 aliphatic heterocycles. The molecule has 0 saturated heterocycles. The van der Waals surface area contributed by atoms with Gasteiger partial charge in [-0.3, -0.25) is 9.10 Å². The van der Waals surface area contributed by atoms with Crippen molar-refractivity contribution in [3.63, 3.8) is 0 Å². The second-order valence-electron chi connectivity index (χ2n) is 5.07. The van der Waals surface area contributed by atoms with Gasteiger partial charge >= 0.3 is 0 Å². The van der Waals surface area contributed by atoms with Crippen molar-refractivity contribution in [3.8, 4) is 5.75 Å². The van der Waals surface area contributed by atoms with Gasteiger partial charge in [-0.15, -0.1) is 0 Å². The number of nitrogens with zero attached hydrogens (tertiary/aromatic N) is 2. The number of nitrogens with one attached hydrogen (secondary N) is 1. The number of sulfonamides is 1. The maximum Gasteiger partial charge on any atom is 0.268 e. The van der Waals surface area contributed by atoms with E-state index in [2.05, 4.69) is 10.3 Å². The van der Waals surface area contributed by atoms with Crippen molar-refractivity contribution in [2.75, 3.05) is 22.4 Å². The minimum atomic E-state index is -3.52. The highest BCUT2D eigenvalue weighted by molar-refractivity contribution is 7.92. The van der Waals surface area contributed by atoms with Gasteiger partial charge in [-0.2, -0.15) is 0 Å². The zero-order chi connectivity index (χ0) is 16.4. The van der Waals surface area contributed by atoms with Crippen molar-refractivity contribution < 1.29 is 17.9 Å². The van der Waals surface area contributed by atoms with E-state index in [4.69, 9.17) is 4.74 Å². The van der Waals surface area contributed by atoms with Crippen molar-refractivity contribution in [1.82, 2.24) is 4.98 Å². The molecule has 0 spiro atoms. The predicted octanol–water partition coefficient (Wildman–Crippen LogP) is 1.25. The molecule has 1 aromatic heterocycles. The van der Waals surface area contributed by atoms with Gasteiger partial charge < -0.3 is 10.1 Å². The average Bonchev–Trinajstić information content (AvgIpc) is 2.54. The van der Waals surface area contributed by atoms with Crippen LogP contribution in [-0.4, -0.2) is 38.2 Å². The molecule has 2 heterocycles. The summed E-state index contributed by atoms with van der Waals surface area (Å²) in [7, 11) is -3.52. The number of hydrogen-bond acceptors (Lipinski definition) is 5. The Morgan fingerprint density at radius 3 is 2.70 bits per heavy atom. The summed E-state index contributed by atoms with van der Waals surface area (Å²) in [4.78, 5) is 16.4. The highest BCUT2D eigenvalue weighted by Crippen LogP contribution is 2.34. The Morgan fingerprint density at radius 2 is 2.00 bits per heavy atom. The molecule has 0 bridgehead atoms. The Morgan fingerprint density at radius 1 is 1.26 bits per heavy atom. The van der Waals surface area contributed by atoms with E-state index in [1.807, 2.05) is 0 Å². The number of aromatic nitrogens is 1. The number of carbonyl (C=O) groups is 1. The van der Waals surface area contributed by atoms with E-state index in [0.29, 0.717) is 17.3 Å². The molecule has 0 aliphatic carbocycles. The molecule has 1 aromatic carbocycles. The lowest BCUT2D eigenvalue weighted by Crippen LogP contribution is -2.48. The number of amides is 1. The number of hydrogen-bond donors (Lipinski definition) is 1. The first-order valence-electron chi connectivity index (χ1n) is 6.90. The summed E-state index contributed by atoms with van der Waals surface area (Å²) in [6.45, 7) is -0.0888. The topological polar surface area (TPSA) is 88.6 Å². The summed E-state index contributed by atoms with van der Waals surface area (Å²) in [5.41, 5.74) is 0.428. The van der Waals surface area contributed by atoms with Crippen LogP contribution in [0.4, 0.5) is 11.5 Å². The van der Waals surface area contributed by atoms with Crippen molar-refractivity contribution in [1.29, 1.82) is 0 Å². The standard InChI is InChI=1S/C15H15N3O4S/c1-23(20,21)18-10-13(22-12-7-3-2-6-11(12)18)15(19)17-14-8-4-5-9-16-14/h2-9,13H,10H2,1H3,(H,16,17,19). The van der Waals surface area contributed by atoms with Crippen LogP contribution in [0.15, 0.2) is 48.7 Å². The van der Waals surface area contributed by atoms with Gasteiger partial charge in [0.1, 0.15) is 11.6 Å². The Balaban J connectivity index is 1.87. The number of ether oxygens (including phenoxy) is 1. The van der Waals surface area contributed by atoms with Crippen molar-refractivity contribution in [2.24, 2.45) is 0 Å². The fourth-order valence-electron chi connectivity index (χ4n) is 2.30. The van der Waals surface area contributed by atoms with Crippen LogP contribution in [0, 0.1) is 0 Å². The number of fused-ring (bicyclic) bond motifs is 1. The largest absolute Gasteiger partial charge is 0.476 e. The van der Waals surface area contributed by atoms with Gasteiger partial charge in [0.05, 0.1) is 18.5 Å². The van der Waals surface area contributed by atoms with Gasteiger partial charge in [-0.1, -0.05) is 18.2 Å². The fraction of sp³-hybridized carbons (Fsp3) is 0.200. The van der Waals surface area contributed by atoms with Gasteiger partial charge in [-0.05, 0) is 24.3 Å².